The Morgan fingerprint density at radius 3 is 2.96 bits per heavy atom. The highest BCUT2D eigenvalue weighted by atomic mass is 35.5. The first-order chi connectivity index (χ1) is 11.5. The van der Waals surface area contributed by atoms with Gasteiger partial charge in [0, 0.05) is 31.2 Å². The lowest BCUT2D eigenvalue weighted by atomic mass is 9.96. The molecule has 0 spiro atoms. The average molecular weight is 358 g/mol. The standard InChI is InChI=1S/C16H17ClFNO5/c17-12-7-10(1-2-13(12)18)16-11(8-19-5-6-23-16)9-24-15(22)4-3-14(20)21/h1-4,7,11,16,19H,5-6,8-9H2,(H,20,21)/b4-3+/t11-,16-/m0/s1. The van der Waals surface area contributed by atoms with E-state index in [0.717, 1.165) is 6.08 Å². The maximum atomic E-state index is 13.3. The predicted octanol–water partition coefficient (Wildman–Crippen LogP) is 1.94. The van der Waals surface area contributed by atoms with Crippen molar-refractivity contribution in [1.29, 1.82) is 0 Å². The van der Waals surface area contributed by atoms with Crippen LogP contribution in [0, 0.1) is 11.7 Å². The molecule has 1 aliphatic rings. The molecule has 130 valence electrons. The van der Waals surface area contributed by atoms with Crippen LogP contribution in [0.25, 0.3) is 0 Å². The number of carboxylic acid groups (broad SMARTS) is 1. The van der Waals surface area contributed by atoms with E-state index >= 15 is 0 Å². The van der Waals surface area contributed by atoms with Crippen molar-refractivity contribution in [3.05, 3.63) is 46.8 Å². The van der Waals surface area contributed by atoms with Crippen LogP contribution in [0.3, 0.4) is 0 Å². The van der Waals surface area contributed by atoms with Crippen LogP contribution < -0.4 is 5.32 Å². The number of halogens is 2. The van der Waals surface area contributed by atoms with Crippen LogP contribution in [0.4, 0.5) is 4.39 Å². The highest BCUT2D eigenvalue weighted by molar-refractivity contribution is 6.30. The first-order valence-electron chi connectivity index (χ1n) is 7.32. The third kappa shape index (κ3) is 5.30. The summed E-state index contributed by atoms with van der Waals surface area (Å²) in [6.07, 6.45) is 1.13. The van der Waals surface area contributed by atoms with E-state index in [4.69, 9.17) is 26.2 Å². The fraction of sp³-hybridized carbons (Fsp3) is 0.375. The SMILES string of the molecule is O=C(O)/C=C/C(=O)OC[C@@H]1CNCCO[C@H]1c1ccc(F)c(Cl)c1. The van der Waals surface area contributed by atoms with Crippen molar-refractivity contribution in [2.24, 2.45) is 5.92 Å². The quantitative estimate of drug-likeness (QED) is 0.619. The molecule has 0 amide bonds. The van der Waals surface area contributed by atoms with Gasteiger partial charge in [-0.15, -0.1) is 0 Å². The number of carbonyl (C=O) groups excluding carboxylic acids is 1. The van der Waals surface area contributed by atoms with E-state index in [1.165, 1.54) is 12.1 Å². The van der Waals surface area contributed by atoms with Gasteiger partial charge < -0.3 is 19.9 Å². The number of rotatable bonds is 5. The van der Waals surface area contributed by atoms with Gasteiger partial charge in [0.05, 0.1) is 24.3 Å². The molecule has 6 nitrogen and oxygen atoms in total. The molecule has 0 unspecified atom stereocenters. The van der Waals surface area contributed by atoms with Gasteiger partial charge in [0.15, 0.2) is 0 Å². The van der Waals surface area contributed by atoms with Crippen LogP contribution in [0.1, 0.15) is 11.7 Å². The minimum absolute atomic E-state index is 0.00607. The summed E-state index contributed by atoms with van der Waals surface area (Å²) in [6.45, 7) is 1.63. The summed E-state index contributed by atoms with van der Waals surface area (Å²) in [5.41, 5.74) is 0.687. The van der Waals surface area contributed by atoms with Crippen molar-refractivity contribution in [3.8, 4) is 0 Å². The zero-order valence-electron chi connectivity index (χ0n) is 12.7. The molecule has 0 saturated carbocycles. The average Bonchev–Trinajstić information content (AvgIpc) is 2.79. The van der Waals surface area contributed by atoms with Crippen molar-refractivity contribution in [2.75, 3.05) is 26.3 Å². The second kappa shape index (κ2) is 8.77. The molecule has 0 aliphatic carbocycles. The molecule has 2 rings (SSSR count). The minimum atomic E-state index is -1.23. The highest BCUT2D eigenvalue weighted by Crippen LogP contribution is 2.30. The Morgan fingerprint density at radius 2 is 2.25 bits per heavy atom. The zero-order chi connectivity index (χ0) is 17.5. The summed E-state index contributed by atoms with van der Waals surface area (Å²) in [7, 11) is 0. The summed E-state index contributed by atoms with van der Waals surface area (Å²) in [6, 6.07) is 4.33. The van der Waals surface area contributed by atoms with Crippen LogP contribution in [-0.4, -0.2) is 43.3 Å². The number of ether oxygens (including phenoxy) is 2. The molecular weight excluding hydrogens is 341 g/mol. The normalized spacial score (nSPS) is 21.4. The predicted molar refractivity (Wildman–Crippen MR) is 84.2 cm³/mol. The number of carbonyl (C=O) groups is 2. The van der Waals surface area contributed by atoms with Crippen LogP contribution in [0.5, 0.6) is 0 Å². The Bertz CT molecular complexity index is 637. The fourth-order valence-corrected chi connectivity index (χ4v) is 2.56. The third-order valence-electron chi connectivity index (χ3n) is 3.48. The zero-order valence-corrected chi connectivity index (χ0v) is 13.5. The number of carboxylic acids is 1. The molecule has 1 fully saturated rings. The third-order valence-corrected chi connectivity index (χ3v) is 3.77. The molecule has 2 N–H and O–H groups in total. The Balaban J connectivity index is 2.07. The molecule has 1 aromatic carbocycles. The van der Waals surface area contributed by atoms with E-state index in [1.54, 1.807) is 6.07 Å². The Hall–Kier alpha value is -1.96. The molecule has 1 aliphatic heterocycles. The van der Waals surface area contributed by atoms with Crippen LogP contribution in [0.2, 0.25) is 5.02 Å². The molecular formula is C16H17ClFNO5. The topological polar surface area (TPSA) is 84.9 Å². The lowest BCUT2D eigenvalue weighted by Crippen LogP contribution is -2.29. The maximum absolute atomic E-state index is 13.3. The van der Waals surface area contributed by atoms with Gasteiger partial charge in [0.2, 0.25) is 0 Å². The van der Waals surface area contributed by atoms with E-state index in [0.29, 0.717) is 31.3 Å². The number of esters is 1. The summed E-state index contributed by atoms with van der Waals surface area (Å²) < 4.78 is 24.2. The molecule has 0 bridgehead atoms. The van der Waals surface area contributed by atoms with Gasteiger partial charge >= 0.3 is 11.9 Å². The molecule has 1 aromatic rings. The van der Waals surface area contributed by atoms with Crippen LogP contribution in [-0.2, 0) is 19.1 Å². The van der Waals surface area contributed by atoms with Crippen LogP contribution in [0.15, 0.2) is 30.4 Å². The van der Waals surface area contributed by atoms with Crippen molar-refractivity contribution in [3.63, 3.8) is 0 Å². The van der Waals surface area contributed by atoms with E-state index in [2.05, 4.69) is 5.32 Å². The minimum Gasteiger partial charge on any atom is -0.478 e. The number of benzene rings is 1. The number of nitrogens with one attached hydrogen (secondary N) is 1. The summed E-state index contributed by atoms with van der Waals surface area (Å²) >= 11 is 5.82. The molecule has 8 heteroatoms. The van der Waals surface area contributed by atoms with Gasteiger partial charge in [0.25, 0.3) is 0 Å². The fourth-order valence-electron chi connectivity index (χ4n) is 2.37. The Kier molecular flexibility index (Phi) is 6.72. The largest absolute Gasteiger partial charge is 0.478 e. The molecule has 0 aromatic heterocycles. The van der Waals surface area contributed by atoms with Gasteiger partial charge in [-0.25, -0.2) is 14.0 Å². The van der Waals surface area contributed by atoms with Gasteiger partial charge in [-0.3, -0.25) is 0 Å². The van der Waals surface area contributed by atoms with Crippen molar-refractivity contribution < 1.29 is 28.6 Å². The molecule has 1 heterocycles. The number of hydrogen-bond donors (Lipinski definition) is 2. The van der Waals surface area contributed by atoms with Gasteiger partial charge in [-0.1, -0.05) is 17.7 Å². The molecule has 1 saturated heterocycles. The maximum Gasteiger partial charge on any atom is 0.331 e. The van der Waals surface area contributed by atoms with Gasteiger partial charge in [0.1, 0.15) is 5.82 Å². The first kappa shape index (κ1) is 18.4. The van der Waals surface area contributed by atoms with Crippen molar-refractivity contribution >= 4 is 23.5 Å². The lowest BCUT2D eigenvalue weighted by Gasteiger charge is -2.24. The second-order valence-electron chi connectivity index (χ2n) is 5.23. The van der Waals surface area contributed by atoms with Crippen molar-refractivity contribution in [2.45, 2.75) is 6.10 Å². The van der Waals surface area contributed by atoms with E-state index in [9.17, 15) is 14.0 Å². The second-order valence-corrected chi connectivity index (χ2v) is 5.64. The monoisotopic (exact) mass is 357 g/mol. The summed E-state index contributed by atoms with van der Waals surface area (Å²) in [5, 5.41) is 11.6. The van der Waals surface area contributed by atoms with Crippen LogP contribution >= 0.6 is 11.6 Å². The number of aliphatic carboxylic acids is 1. The molecule has 0 radical (unpaired) electrons. The smallest absolute Gasteiger partial charge is 0.331 e. The summed E-state index contributed by atoms with van der Waals surface area (Å²) in [4.78, 5) is 21.9. The van der Waals surface area contributed by atoms with E-state index < -0.39 is 23.9 Å². The van der Waals surface area contributed by atoms with Gasteiger partial charge in [-0.2, -0.15) is 0 Å². The van der Waals surface area contributed by atoms with E-state index in [1.807, 2.05) is 0 Å². The molecule has 2 atom stereocenters. The molecule has 24 heavy (non-hydrogen) atoms. The first-order valence-corrected chi connectivity index (χ1v) is 7.70. The van der Waals surface area contributed by atoms with E-state index in [-0.39, 0.29) is 17.5 Å². The Morgan fingerprint density at radius 1 is 1.46 bits per heavy atom. The number of hydrogen-bond acceptors (Lipinski definition) is 5. The highest BCUT2D eigenvalue weighted by Gasteiger charge is 2.27. The van der Waals surface area contributed by atoms with Gasteiger partial charge in [-0.05, 0) is 17.7 Å². The summed E-state index contributed by atoms with van der Waals surface area (Å²) in [5.74, 6) is -2.73. The lowest BCUT2D eigenvalue weighted by molar-refractivity contribution is -0.141. The Labute approximate surface area is 143 Å². The van der Waals surface area contributed by atoms with Crippen molar-refractivity contribution in [1.82, 2.24) is 5.32 Å².